The van der Waals surface area contributed by atoms with E-state index < -0.39 is 0 Å². The van der Waals surface area contributed by atoms with Crippen molar-refractivity contribution in [3.05, 3.63) is 181 Å². The van der Waals surface area contributed by atoms with Gasteiger partial charge in [0.05, 0.1) is 0 Å². The molecule has 0 amide bonds. The van der Waals surface area contributed by atoms with E-state index in [0.29, 0.717) is 17.5 Å². The van der Waals surface area contributed by atoms with Gasteiger partial charge in [0.1, 0.15) is 0 Å². The molecule has 0 aliphatic heterocycles. The maximum Gasteiger partial charge on any atom is 0.164 e. The molecule has 0 unspecified atom stereocenters. The summed E-state index contributed by atoms with van der Waals surface area (Å²) in [4.78, 5) is 14.7. The van der Waals surface area contributed by atoms with Gasteiger partial charge in [-0.25, -0.2) is 15.0 Å². The van der Waals surface area contributed by atoms with E-state index >= 15 is 0 Å². The van der Waals surface area contributed by atoms with Gasteiger partial charge < -0.3 is 0 Å². The molecule has 1 aliphatic rings. The van der Waals surface area contributed by atoms with Gasteiger partial charge in [0.15, 0.2) is 17.5 Å². The molecule has 3 heteroatoms. The number of allylic oxidation sites excluding steroid dienone is 7. The van der Waals surface area contributed by atoms with Crippen molar-refractivity contribution in [1.82, 2.24) is 15.0 Å². The van der Waals surface area contributed by atoms with Gasteiger partial charge in [0.2, 0.25) is 0 Å². The number of benzene rings is 5. The fourth-order valence-electron chi connectivity index (χ4n) is 6.13. The third-order valence-corrected chi connectivity index (χ3v) is 8.52. The normalized spacial score (nSPS) is 13.1. The Morgan fingerprint density at radius 3 is 1.53 bits per heavy atom. The molecule has 0 radical (unpaired) electrons. The molecule has 0 spiro atoms. The highest BCUT2D eigenvalue weighted by molar-refractivity contribution is 5.85. The van der Waals surface area contributed by atoms with E-state index in [9.17, 15) is 0 Å². The van der Waals surface area contributed by atoms with Crippen LogP contribution in [0.2, 0.25) is 0 Å². The average Bonchev–Trinajstić information content (AvgIpc) is 3.16. The molecule has 1 aromatic heterocycles. The minimum atomic E-state index is 0.647. The van der Waals surface area contributed by atoms with Crippen molar-refractivity contribution in [3.8, 4) is 56.4 Å². The van der Waals surface area contributed by atoms with Gasteiger partial charge in [-0.15, -0.1) is 0 Å². The molecule has 0 bridgehead atoms. The summed E-state index contributed by atoms with van der Waals surface area (Å²) in [6, 6.07) is 46.3. The Kier molecular flexibility index (Phi) is 8.61. The van der Waals surface area contributed by atoms with E-state index in [4.69, 9.17) is 15.0 Å². The molecule has 3 nitrogen and oxygen atoms in total. The van der Waals surface area contributed by atoms with Crippen LogP contribution in [0.1, 0.15) is 25.3 Å². The molecule has 7 rings (SSSR count). The van der Waals surface area contributed by atoms with E-state index in [1.807, 2.05) is 66.7 Å². The van der Waals surface area contributed by atoms with Crippen LogP contribution < -0.4 is 0 Å². The van der Waals surface area contributed by atoms with Crippen LogP contribution in [-0.4, -0.2) is 15.0 Å². The van der Waals surface area contributed by atoms with Crippen molar-refractivity contribution in [2.45, 2.75) is 19.8 Å². The summed E-state index contributed by atoms with van der Waals surface area (Å²) < 4.78 is 0. The van der Waals surface area contributed by atoms with Crippen molar-refractivity contribution < 1.29 is 0 Å². The second-order valence-electron chi connectivity index (χ2n) is 11.6. The molecule has 0 fully saturated rings. The Hall–Kier alpha value is -5.93. The maximum absolute atomic E-state index is 4.93. The lowest BCUT2D eigenvalue weighted by Gasteiger charge is -2.19. The number of rotatable bonds is 8. The van der Waals surface area contributed by atoms with Crippen LogP contribution in [-0.2, 0) is 0 Å². The highest BCUT2D eigenvalue weighted by atomic mass is 15.0. The minimum absolute atomic E-state index is 0.647. The van der Waals surface area contributed by atoms with E-state index in [-0.39, 0.29) is 0 Å². The largest absolute Gasteiger partial charge is 0.208 e. The molecule has 5 aromatic carbocycles. The summed E-state index contributed by atoms with van der Waals surface area (Å²) in [6.45, 7) is 6.13. The van der Waals surface area contributed by atoms with Gasteiger partial charge in [-0.3, -0.25) is 0 Å². The second-order valence-corrected chi connectivity index (χ2v) is 11.6. The van der Waals surface area contributed by atoms with E-state index in [1.165, 1.54) is 33.4 Å². The quantitative estimate of drug-likeness (QED) is 0.173. The van der Waals surface area contributed by atoms with Gasteiger partial charge in [0, 0.05) is 16.7 Å². The van der Waals surface area contributed by atoms with Gasteiger partial charge in [-0.2, -0.15) is 0 Å². The lowest BCUT2D eigenvalue weighted by Crippen LogP contribution is -2.00. The summed E-state index contributed by atoms with van der Waals surface area (Å²) >= 11 is 0. The molecule has 226 valence electrons. The predicted molar refractivity (Wildman–Crippen MR) is 196 cm³/mol. The summed E-state index contributed by atoms with van der Waals surface area (Å²) in [5, 5.41) is 0. The first-order valence-electron chi connectivity index (χ1n) is 16.1. The van der Waals surface area contributed by atoms with Gasteiger partial charge in [-0.05, 0) is 76.4 Å². The summed E-state index contributed by atoms with van der Waals surface area (Å²) in [7, 11) is 0. The van der Waals surface area contributed by atoms with Crippen LogP contribution >= 0.6 is 0 Å². The fraction of sp³-hybridized carbons (Fsp3) is 0.0682. The zero-order valence-electron chi connectivity index (χ0n) is 26.5. The van der Waals surface area contributed by atoms with Crippen molar-refractivity contribution >= 4 is 5.57 Å². The van der Waals surface area contributed by atoms with Crippen molar-refractivity contribution in [3.63, 3.8) is 0 Å². The molecular weight excluding hydrogens is 571 g/mol. The van der Waals surface area contributed by atoms with Crippen molar-refractivity contribution in [2.75, 3.05) is 0 Å². The third-order valence-electron chi connectivity index (χ3n) is 8.52. The number of nitrogens with zero attached hydrogens (tertiary/aromatic N) is 3. The number of hydrogen-bond donors (Lipinski definition) is 0. The first kappa shape index (κ1) is 29.8. The zero-order chi connectivity index (χ0) is 32.0. The van der Waals surface area contributed by atoms with Crippen LogP contribution in [0.4, 0.5) is 0 Å². The molecule has 0 atom stereocenters. The maximum atomic E-state index is 4.93. The van der Waals surface area contributed by atoms with Crippen molar-refractivity contribution in [1.29, 1.82) is 0 Å². The molecule has 47 heavy (non-hydrogen) atoms. The fourth-order valence-corrected chi connectivity index (χ4v) is 6.13. The topological polar surface area (TPSA) is 38.7 Å². The van der Waals surface area contributed by atoms with Gasteiger partial charge >= 0.3 is 0 Å². The lowest BCUT2D eigenvalue weighted by atomic mass is 9.86. The summed E-state index contributed by atoms with van der Waals surface area (Å²) in [6.07, 6.45) is 10.7. The van der Waals surface area contributed by atoms with Crippen LogP contribution in [0.25, 0.3) is 62.0 Å². The first-order chi connectivity index (χ1) is 23.2. The Balaban J connectivity index is 1.22. The molecule has 6 aromatic rings. The number of hydrogen-bond acceptors (Lipinski definition) is 3. The molecule has 0 saturated carbocycles. The van der Waals surface area contributed by atoms with Crippen molar-refractivity contribution in [2.24, 2.45) is 0 Å². The van der Waals surface area contributed by atoms with E-state index in [2.05, 4.69) is 105 Å². The van der Waals surface area contributed by atoms with E-state index in [0.717, 1.165) is 40.7 Å². The molecular formula is C44H35N3. The first-order valence-corrected chi connectivity index (χ1v) is 16.1. The van der Waals surface area contributed by atoms with Gasteiger partial charge in [-0.1, -0.05) is 152 Å². The van der Waals surface area contributed by atoms with Crippen LogP contribution in [0, 0.1) is 0 Å². The third kappa shape index (κ3) is 6.43. The minimum Gasteiger partial charge on any atom is -0.208 e. The summed E-state index contributed by atoms with van der Waals surface area (Å²) in [5.74, 6) is 1.96. The van der Waals surface area contributed by atoms with E-state index in [1.54, 1.807) is 0 Å². The smallest absolute Gasteiger partial charge is 0.164 e. The highest BCUT2D eigenvalue weighted by Gasteiger charge is 2.15. The highest BCUT2D eigenvalue weighted by Crippen LogP contribution is 2.36. The predicted octanol–water partition coefficient (Wildman–Crippen LogP) is 11.4. The van der Waals surface area contributed by atoms with Gasteiger partial charge in [0.25, 0.3) is 0 Å². The average molecular weight is 606 g/mol. The Labute approximate surface area is 277 Å². The Morgan fingerprint density at radius 2 is 0.979 bits per heavy atom. The molecule has 0 N–H and O–H groups in total. The van der Waals surface area contributed by atoms with Crippen LogP contribution in [0.15, 0.2) is 175 Å². The lowest BCUT2D eigenvalue weighted by molar-refractivity contribution is 0.984. The molecule has 1 heterocycles. The van der Waals surface area contributed by atoms with Crippen LogP contribution in [0.3, 0.4) is 0 Å². The Bertz CT molecular complexity index is 2080. The van der Waals surface area contributed by atoms with Crippen LogP contribution in [0.5, 0.6) is 0 Å². The molecule has 1 aliphatic carbocycles. The summed E-state index contributed by atoms with van der Waals surface area (Å²) in [5.41, 5.74) is 12.5. The SMILES string of the molecule is C=CC1=C(/C=C\C)C(c2ccc(-c3cccc(-c4cccc(-c5nc(-c6ccccc6)nc(-c6ccccc6)n5)c4)c3)cc2)=CCC1. The Morgan fingerprint density at radius 1 is 0.511 bits per heavy atom. The number of aromatic nitrogens is 3. The zero-order valence-corrected chi connectivity index (χ0v) is 26.5. The monoisotopic (exact) mass is 605 g/mol. The standard InChI is InChI=1S/C44H35N3/c1-3-14-40-31(4-2)19-13-24-41(40)33-27-25-32(26-28-33)36-20-11-21-37(29-36)38-22-12-23-39(30-38)44-46-42(34-15-7-5-8-16-34)45-43(47-44)35-17-9-6-10-18-35/h3-12,14-18,20-30H,2,13,19H2,1H3/b14-3-. The molecule has 0 saturated heterocycles. The second kappa shape index (κ2) is 13.6.